The second-order valence-corrected chi connectivity index (χ2v) is 4.90. The molecular formula is C12H27N3O. The van der Waals surface area contributed by atoms with Gasteiger partial charge < -0.3 is 20.3 Å². The average Bonchev–Trinajstić information content (AvgIpc) is 2.31. The fourth-order valence-electron chi connectivity index (χ4n) is 2.30. The maximum absolute atomic E-state index is 5.62. The van der Waals surface area contributed by atoms with Crippen molar-refractivity contribution in [2.75, 3.05) is 47.4 Å². The summed E-state index contributed by atoms with van der Waals surface area (Å²) in [6.45, 7) is 4.15. The van der Waals surface area contributed by atoms with Gasteiger partial charge in [-0.2, -0.15) is 0 Å². The Labute approximate surface area is 99.7 Å². The van der Waals surface area contributed by atoms with Crippen molar-refractivity contribution < 1.29 is 4.74 Å². The molecule has 1 fully saturated rings. The van der Waals surface area contributed by atoms with Gasteiger partial charge in [0.15, 0.2) is 0 Å². The van der Waals surface area contributed by atoms with E-state index in [1.54, 1.807) is 7.11 Å². The van der Waals surface area contributed by atoms with Gasteiger partial charge in [-0.25, -0.2) is 0 Å². The summed E-state index contributed by atoms with van der Waals surface area (Å²) in [5.41, 5.74) is 5.62. The second kappa shape index (κ2) is 7.22. The molecule has 1 aliphatic heterocycles. The molecule has 0 aromatic heterocycles. The molecule has 0 aliphatic carbocycles. The molecule has 1 saturated heterocycles. The highest BCUT2D eigenvalue weighted by Crippen LogP contribution is 2.14. The summed E-state index contributed by atoms with van der Waals surface area (Å²) in [6.07, 6.45) is 3.82. The largest absolute Gasteiger partial charge is 0.380 e. The summed E-state index contributed by atoms with van der Waals surface area (Å²) in [5, 5.41) is 0. The van der Waals surface area contributed by atoms with Crippen molar-refractivity contribution in [3.63, 3.8) is 0 Å². The van der Waals surface area contributed by atoms with Crippen molar-refractivity contribution in [2.24, 2.45) is 5.73 Å². The molecule has 4 nitrogen and oxygen atoms in total. The van der Waals surface area contributed by atoms with E-state index in [4.69, 9.17) is 10.5 Å². The van der Waals surface area contributed by atoms with Crippen molar-refractivity contribution in [3.8, 4) is 0 Å². The topological polar surface area (TPSA) is 41.7 Å². The Balaban J connectivity index is 2.21. The van der Waals surface area contributed by atoms with Crippen LogP contribution in [0.25, 0.3) is 0 Å². The average molecular weight is 229 g/mol. The SMILES string of the molecule is COC(CN)CCN(C)C1CCN(C)CC1. The van der Waals surface area contributed by atoms with Crippen LogP contribution in [0.1, 0.15) is 19.3 Å². The number of ether oxygens (including phenoxy) is 1. The third kappa shape index (κ3) is 4.37. The van der Waals surface area contributed by atoms with Crippen molar-refractivity contribution in [2.45, 2.75) is 31.4 Å². The van der Waals surface area contributed by atoms with E-state index in [1.807, 2.05) is 0 Å². The molecule has 1 heterocycles. The van der Waals surface area contributed by atoms with Crippen LogP contribution in [-0.4, -0.2) is 69.3 Å². The molecule has 0 aromatic rings. The van der Waals surface area contributed by atoms with E-state index in [-0.39, 0.29) is 6.10 Å². The zero-order valence-corrected chi connectivity index (χ0v) is 11.0. The van der Waals surface area contributed by atoms with E-state index < -0.39 is 0 Å². The first kappa shape index (κ1) is 13.9. The molecular weight excluding hydrogens is 202 g/mol. The van der Waals surface area contributed by atoms with Crippen LogP contribution in [0, 0.1) is 0 Å². The van der Waals surface area contributed by atoms with Crippen LogP contribution in [0.3, 0.4) is 0 Å². The second-order valence-electron chi connectivity index (χ2n) is 4.90. The number of hydrogen-bond acceptors (Lipinski definition) is 4. The van der Waals surface area contributed by atoms with Gasteiger partial charge in [0, 0.05) is 26.2 Å². The Morgan fingerprint density at radius 2 is 2.06 bits per heavy atom. The molecule has 1 rings (SSSR count). The third-order valence-electron chi connectivity index (χ3n) is 3.71. The highest BCUT2D eigenvalue weighted by Gasteiger charge is 2.20. The summed E-state index contributed by atoms with van der Waals surface area (Å²) in [6, 6.07) is 0.742. The van der Waals surface area contributed by atoms with E-state index in [0.29, 0.717) is 6.54 Å². The fourth-order valence-corrected chi connectivity index (χ4v) is 2.30. The molecule has 0 spiro atoms. The smallest absolute Gasteiger partial charge is 0.0705 e. The number of methoxy groups -OCH3 is 1. The first-order chi connectivity index (χ1) is 7.67. The quantitative estimate of drug-likeness (QED) is 0.715. The number of hydrogen-bond donors (Lipinski definition) is 1. The lowest BCUT2D eigenvalue weighted by molar-refractivity contribution is 0.0782. The first-order valence-corrected chi connectivity index (χ1v) is 6.29. The van der Waals surface area contributed by atoms with Gasteiger partial charge in [0.05, 0.1) is 6.10 Å². The van der Waals surface area contributed by atoms with Gasteiger partial charge in [-0.1, -0.05) is 0 Å². The molecule has 0 bridgehead atoms. The lowest BCUT2D eigenvalue weighted by Gasteiger charge is -2.35. The predicted octanol–water partition coefficient (Wildman–Crippen LogP) is 0.376. The molecule has 1 aliphatic rings. The van der Waals surface area contributed by atoms with Crippen LogP contribution in [-0.2, 0) is 4.74 Å². The molecule has 2 N–H and O–H groups in total. The summed E-state index contributed by atoms with van der Waals surface area (Å²) >= 11 is 0. The number of piperidine rings is 1. The molecule has 1 atom stereocenters. The van der Waals surface area contributed by atoms with Crippen LogP contribution in [0.5, 0.6) is 0 Å². The maximum atomic E-state index is 5.62. The minimum Gasteiger partial charge on any atom is -0.380 e. The summed E-state index contributed by atoms with van der Waals surface area (Å²) in [5.74, 6) is 0. The third-order valence-corrected chi connectivity index (χ3v) is 3.71. The molecule has 16 heavy (non-hydrogen) atoms. The zero-order chi connectivity index (χ0) is 12.0. The van der Waals surface area contributed by atoms with Crippen LogP contribution in [0.4, 0.5) is 0 Å². The Kier molecular flexibility index (Phi) is 6.28. The highest BCUT2D eigenvalue weighted by molar-refractivity contribution is 4.77. The monoisotopic (exact) mass is 229 g/mol. The first-order valence-electron chi connectivity index (χ1n) is 6.29. The highest BCUT2D eigenvalue weighted by atomic mass is 16.5. The van der Waals surface area contributed by atoms with Gasteiger partial charge >= 0.3 is 0 Å². The van der Waals surface area contributed by atoms with Crippen LogP contribution < -0.4 is 5.73 Å². The normalized spacial score (nSPS) is 21.6. The Hall–Kier alpha value is -0.160. The van der Waals surface area contributed by atoms with Crippen LogP contribution >= 0.6 is 0 Å². The van der Waals surface area contributed by atoms with Gasteiger partial charge in [-0.05, 0) is 46.4 Å². The molecule has 4 heteroatoms. The molecule has 1 unspecified atom stereocenters. The Morgan fingerprint density at radius 3 is 2.56 bits per heavy atom. The zero-order valence-electron chi connectivity index (χ0n) is 11.0. The number of likely N-dealkylation sites (tertiary alicyclic amines) is 1. The van der Waals surface area contributed by atoms with E-state index >= 15 is 0 Å². The maximum Gasteiger partial charge on any atom is 0.0705 e. The van der Waals surface area contributed by atoms with Crippen LogP contribution in [0.2, 0.25) is 0 Å². The van der Waals surface area contributed by atoms with Crippen molar-refractivity contribution in [1.82, 2.24) is 9.80 Å². The molecule has 0 amide bonds. The van der Waals surface area contributed by atoms with Crippen molar-refractivity contribution in [1.29, 1.82) is 0 Å². The molecule has 0 aromatic carbocycles. The van der Waals surface area contributed by atoms with E-state index in [1.165, 1.54) is 25.9 Å². The standard InChI is InChI=1S/C12H27N3O/c1-14-7-4-11(5-8-14)15(2)9-6-12(10-13)16-3/h11-12H,4-10,13H2,1-3H3. The van der Waals surface area contributed by atoms with Gasteiger partial charge in [0.25, 0.3) is 0 Å². The Bertz CT molecular complexity index is 177. The van der Waals surface area contributed by atoms with Gasteiger partial charge in [-0.15, -0.1) is 0 Å². The lowest BCUT2D eigenvalue weighted by atomic mass is 10.0. The van der Waals surface area contributed by atoms with Crippen molar-refractivity contribution >= 4 is 0 Å². The molecule has 0 radical (unpaired) electrons. The molecule has 96 valence electrons. The van der Waals surface area contributed by atoms with E-state index in [2.05, 4.69) is 23.9 Å². The minimum absolute atomic E-state index is 0.216. The van der Waals surface area contributed by atoms with Crippen LogP contribution in [0.15, 0.2) is 0 Å². The van der Waals surface area contributed by atoms with Crippen molar-refractivity contribution in [3.05, 3.63) is 0 Å². The number of rotatable bonds is 6. The van der Waals surface area contributed by atoms with Gasteiger partial charge in [0.2, 0.25) is 0 Å². The number of nitrogens with zero attached hydrogens (tertiary/aromatic N) is 2. The number of nitrogens with two attached hydrogens (primary N) is 1. The van der Waals surface area contributed by atoms with Gasteiger partial charge in [0.1, 0.15) is 0 Å². The fraction of sp³-hybridized carbons (Fsp3) is 1.00. The Morgan fingerprint density at radius 1 is 1.44 bits per heavy atom. The summed E-state index contributed by atoms with van der Waals surface area (Å²) in [4.78, 5) is 4.87. The van der Waals surface area contributed by atoms with E-state index in [0.717, 1.165) is 19.0 Å². The lowest BCUT2D eigenvalue weighted by Crippen LogP contribution is -2.43. The summed E-state index contributed by atoms with van der Waals surface area (Å²) in [7, 11) is 6.16. The van der Waals surface area contributed by atoms with E-state index in [9.17, 15) is 0 Å². The molecule has 0 saturated carbocycles. The minimum atomic E-state index is 0.216. The van der Waals surface area contributed by atoms with Gasteiger partial charge in [-0.3, -0.25) is 0 Å². The summed E-state index contributed by atoms with van der Waals surface area (Å²) < 4.78 is 5.29. The predicted molar refractivity (Wildman–Crippen MR) is 67.6 cm³/mol.